The van der Waals surface area contributed by atoms with E-state index in [0.29, 0.717) is 0 Å². The predicted molar refractivity (Wildman–Crippen MR) is 237 cm³/mol. The Labute approximate surface area is 325 Å². The quantitative estimate of drug-likeness (QED) is 0.162. The van der Waals surface area contributed by atoms with Crippen molar-refractivity contribution in [1.82, 2.24) is 9.13 Å². The van der Waals surface area contributed by atoms with E-state index in [1.165, 1.54) is 88.1 Å². The second-order valence-corrected chi connectivity index (χ2v) is 14.5. The van der Waals surface area contributed by atoms with E-state index >= 15 is 0 Å². The molecule has 0 N–H and O–H groups in total. The largest absolute Gasteiger partial charge is 0.309 e. The summed E-state index contributed by atoms with van der Waals surface area (Å²) in [6.45, 7) is 0. The van der Waals surface area contributed by atoms with Crippen molar-refractivity contribution in [1.29, 1.82) is 0 Å². The Kier molecular flexibility index (Phi) is 7.53. The molecule has 0 saturated heterocycles. The molecule has 56 heavy (non-hydrogen) atoms. The highest BCUT2D eigenvalue weighted by Crippen LogP contribution is 2.42. The van der Waals surface area contributed by atoms with E-state index in [-0.39, 0.29) is 0 Å². The smallest absolute Gasteiger partial charge is 0.0547 e. The van der Waals surface area contributed by atoms with Gasteiger partial charge in [0.05, 0.1) is 27.8 Å². The topological polar surface area (TPSA) is 9.86 Å². The van der Waals surface area contributed by atoms with Gasteiger partial charge in [0.25, 0.3) is 0 Å². The zero-order valence-electron chi connectivity index (χ0n) is 30.7. The molecule has 2 heterocycles. The fraction of sp³-hybridized carbons (Fsp3) is 0. The molecule has 2 aromatic heterocycles. The molecule has 0 atom stereocenters. The van der Waals surface area contributed by atoms with Crippen LogP contribution in [0.15, 0.2) is 218 Å². The van der Waals surface area contributed by atoms with Crippen molar-refractivity contribution < 1.29 is 0 Å². The maximum absolute atomic E-state index is 2.48. The van der Waals surface area contributed by atoms with Crippen LogP contribution in [0.4, 0.5) is 0 Å². The summed E-state index contributed by atoms with van der Waals surface area (Å²) in [6, 6.07) is 79.4. The van der Waals surface area contributed by atoms with E-state index in [0.717, 1.165) is 11.4 Å². The van der Waals surface area contributed by atoms with E-state index in [1.807, 2.05) is 0 Å². The van der Waals surface area contributed by atoms with Gasteiger partial charge in [0.2, 0.25) is 0 Å². The lowest BCUT2D eigenvalue weighted by molar-refractivity contribution is 1.18. The van der Waals surface area contributed by atoms with E-state index in [9.17, 15) is 0 Å². The fourth-order valence-corrected chi connectivity index (χ4v) is 8.76. The highest BCUT2D eigenvalue weighted by atomic mass is 15.0. The first kappa shape index (κ1) is 32.0. The summed E-state index contributed by atoms with van der Waals surface area (Å²) < 4.78 is 4.89. The highest BCUT2D eigenvalue weighted by Gasteiger charge is 2.20. The van der Waals surface area contributed by atoms with Gasteiger partial charge in [0, 0.05) is 32.8 Å². The SMILES string of the molecule is c1ccc(-c2ccc(-n3c4ccccc4c4c(-c5ccc6c7ccccc7n(-c7ccc(-c8ccccc8)cc7-c7ccccc7)c6c5)cccc43)cc2)cc1. The first-order valence-electron chi connectivity index (χ1n) is 19.3. The zero-order chi connectivity index (χ0) is 37.0. The van der Waals surface area contributed by atoms with Crippen LogP contribution in [-0.2, 0) is 0 Å². The molecule has 0 unspecified atom stereocenters. The summed E-state index contributed by atoms with van der Waals surface area (Å²) in [6.07, 6.45) is 0. The lowest BCUT2D eigenvalue weighted by Gasteiger charge is -2.16. The molecule has 262 valence electrons. The summed E-state index contributed by atoms with van der Waals surface area (Å²) in [4.78, 5) is 0. The number of rotatable bonds is 6. The summed E-state index contributed by atoms with van der Waals surface area (Å²) >= 11 is 0. The number of benzene rings is 9. The van der Waals surface area contributed by atoms with Gasteiger partial charge >= 0.3 is 0 Å². The molecule has 11 rings (SSSR count). The molecule has 0 radical (unpaired) electrons. The van der Waals surface area contributed by atoms with Gasteiger partial charge in [-0.2, -0.15) is 0 Å². The normalized spacial score (nSPS) is 11.6. The second kappa shape index (κ2) is 13.2. The van der Waals surface area contributed by atoms with Gasteiger partial charge in [-0.05, 0) is 87.5 Å². The van der Waals surface area contributed by atoms with E-state index in [2.05, 4.69) is 228 Å². The summed E-state index contributed by atoms with van der Waals surface area (Å²) in [5.41, 5.74) is 16.7. The highest BCUT2D eigenvalue weighted by molar-refractivity contribution is 6.17. The summed E-state index contributed by atoms with van der Waals surface area (Å²) in [7, 11) is 0. The summed E-state index contributed by atoms with van der Waals surface area (Å²) in [5, 5.41) is 4.99. The fourth-order valence-electron chi connectivity index (χ4n) is 8.76. The van der Waals surface area contributed by atoms with Crippen molar-refractivity contribution >= 4 is 43.6 Å². The molecule has 0 fully saturated rings. The lowest BCUT2D eigenvalue weighted by Crippen LogP contribution is -1.98. The van der Waals surface area contributed by atoms with E-state index < -0.39 is 0 Å². The molecule has 0 aliphatic carbocycles. The molecular weight excluding hydrogens is 677 g/mol. The van der Waals surface area contributed by atoms with Crippen LogP contribution in [0.5, 0.6) is 0 Å². The molecule has 9 aromatic carbocycles. The van der Waals surface area contributed by atoms with Gasteiger partial charge in [-0.15, -0.1) is 0 Å². The Bertz CT molecular complexity index is 3210. The average Bonchev–Trinajstić information content (AvgIpc) is 3.80. The first-order valence-corrected chi connectivity index (χ1v) is 19.3. The van der Waals surface area contributed by atoms with Crippen molar-refractivity contribution in [2.24, 2.45) is 0 Å². The Morgan fingerprint density at radius 2 is 0.768 bits per heavy atom. The van der Waals surface area contributed by atoms with Crippen LogP contribution in [0.2, 0.25) is 0 Å². The first-order chi connectivity index (χ1) is 27.8. The second-order valence-electron chi connectivity index (χ2n) is 14.5. The van der Waals surface area contributed by atoms with Crippen LogP contribution < -0.4 is 0 Å². The van der Waals surface area contributed by atoms with Crippen LogP contribution in [0.1, 0.15) is 0 Å². The molecule has 0 spiro atoms. The lowest BCUT2D eigenvalue weighted by atomic mass is 9.96. The van der Waals surface area contributed by atoms with Gasteiger partial charge in [0.1, 0.15) is 0 Å². The number of fused-ring (bicyclic) bond motifs is 6. The Hall–Kier alpha value is -7.42. The van der Waals surface area contributed by atoms with Crippen LogP contribution in [0.25, 0.3) is 99.5 Å². The van der Waals surface area contributed by atoms with Crippen LogP contribution in [-0.4, -0.2) is 9.13 Å². The monoisotopic (exact) mass is 712 g/mol. The standard InChI is InChI=1S/C54H36N2/c1-4-15-37(16-5-1)39-27-31-43(32-28-39)55-50-25-13-11-22-47(50)54-44(23-14-26-52(54)55)42-29-33-46-45-21-10-12-24-49(45)56(53(46)36-42)51-34-30-41(38-17-6-2-7-18-38)35-48(51)40-19-8-3-9-20-40/h1-36H. The van der Waals surface area contributed by atoms with Crippen LogP contribution in [0, 0.1) is 0 Å². The van der Waals surface area contributed by atoms with Crippen molar-refractivity contribution in [3.63, 3.8) is 0 Å². The van der Waals surface area contributed by atoms with Gasteiger partial charge in [-0.1, -0.05) is 170 Å². The molecule has 2 nitrogen and oxygen atoms in total. The summed E-state index contributed by atoms with van der Waals surface area (Å²) in [5.74, 6) is 0. The number of nitrogens with zero attached hydrogens (tertiary/aromatic N) is 2. The maximum Gasteiger partial charge on any atom is 0.0547 e. The molecule has 0 aliphatic heterocycles. The van der Waals surface area contributed by atoms with Crippen molar-refractivity contribution in [3.05, 3.63) is 218 Å². The minimum absolute atomic E-state index is 1.15. The van der Waals surface area contributed by atoms with Crippen molar-refractivity contribution in [3.8, 4) is 55.9 Å². The molecule has 0 aliphatic rings. The van der Waals surface area contributed by atoms with Gasteiger partial charge in [-0.25, -0.2) is 0 Å². The van der Waals surface area contributed by atoms with E-state index in [4.69, 9.17) is 0 Å². The van der Waals surface area contributed by atoms with Crippen LogP contribution >= 0.6 is 0 Å². The molecular formula is C54H36N2. The Balaban J connectivity index is 1.13. The number of para-hydroxylation sites is 2. The van der Waals surface area contributed by atoms with Crippen LogP contribution in [0.3, 0.4) is 0 Å². The Morgan fingerprint density at radius 3 is 1.48 bits per heavy atom. The number of aromatic nitrogens is 2. The number of hydrogen-bond donors (Lipinski definition) is 0. The number of hydrogen-bond acceptors (Lipinski definition) is 0. The van der Waals surface area contributed by atoms with E-state index in [1.54, 1.807) is 0 Å². The van der Waals surface area contributed by atoms with Crippen molar-refractivity contribution in [2.45, 2.75) is 0 Å². The maximum atomic E-state index is 2.48. The molecule has 0 amide bonds. The molecule has 2 heteroatoms. The predicted octanol–water partition coefficient (Wildman–Crippen LogP) is 14.5. The van der Waals surface area contributed by atoms with Gasteiger partial charge in [0.15, 0.2) is 0 Å². The third kappa shape index (κ3) is 5.19. The van der Waals surface area contributed by atoms with Gasteiger partial charge < -0.3 is 9.13 Å². The molecule has 11 aromatic rings. The third-order valence-corrected chi connectivity index (χ3v) is 11.3. The minimum Gasteiger partial charge on any atom is -0.309 e. The van der Waals surface area contributed by atoms with Gasteiger partial charge in [-0.3, -0.25) is 0 Å². The molecule has 0 bridgehead atoms. The Morgan fingerprint density at radius 1 is 0.250 bits per heavy atom. The molecule has 0 saturated carbocycles. The minimum atomic E-state index is 1.15. The third-order valence-electron chi connectivity index (χ3n) is 11.3. The zero-order valence-corrected chi connectivity index (χ0v) is 30.7. The average molecular weight is 713 g/mol. The van der Waals surface area contributed by atoms with Crippen molar-refractivity contribution in [2.75, 3.05) is 0 Å².